The van der Waals surface area contributed by atoms with E-state index in [-0.39, 0.29) is 5.41 Å². The Morgan fingerprint density at radius 3 is 2.43 bits per heavy atom. The van der Waals surface area contributed by atoms with Crippen LogP contribution in [0.15, 0.2) is 30.5 Å². The zero-order chi connectivity index (χ0) is 21.3. The molecular formula is C23H30N6O. The monoisotopic (exact) mass is 406 g/mol. The Balaban J connectivity index is 1.74. The highest BCUT2D eigenvalue weighted by molar-refractivity contribution is 5.59. The summed E-state index contributed by atoms with van der Waals surface area (Å²) < 4.78 is 8.07. The van der Waals surface area contributed by atoms with Crippen molar-refractivity contribution < 1.29 is 4.74 Å². The summed E-state index contributed by atoms with van der Waals surface area (Å²) in [6.45, 7) is 12.5. The zero-order valence-electron chi connectivity index (χ0n) is 18.4. The van der Waals surface area contributed by atoms with E-state index in [1.165, 1.54) is 0 Å². The van der Waals surface area contributed by atoms with E-state index in [0.717, 1.165) is 59.9 Å². The highest BCUT2D eigenvalue weighted by atomic mass is 16.5. The molecule has 1 saturated heterocycles. The summed E-state index contributed by atoms with van der Waals surface area (Å²) in [4.78, 5) is 9.09. The van der Waals surface area contributed by atoms with Crippen LogP contribution >= 0.6 is 0 Å². The van der Waals surface area contributed by atoms with Crippen LogP contribution in [0, 0.1) is 13.8 Å². The van der Waals surface area contributed by atoms with Gasteiger partial charge in [0.2, 0.25) is 0 Å². The van der Waals surface area contributed by atoms with Gasteiger partial charge in [0.05, 0.1) is 17.4 Å². The molecule has 0 aliphatic carbocycles. The van der Waals surface area contributed by atoms with Crippen LogP contribution in [0.4, 0.5) is 0 Å². The highest BCUT2D eigenvalue weighted by Crippen LogP contribution is 2.34. The maximum absolute atomic E-state index is 6.01. The van der Waals surface area contributed by atoms with E-state index >= 15 is 0 Å². The number of aryl methyl sites for hydroxylation is 2. The fourth-order valence-electron chi connectivity index (χ4n) is 3.96. The first-order valence-corrected chi connectivity index (χ1v) is 10.6. The Bertz CT molecular complexity index is 1010. The number of piperidine rings is 1. The van der Waals surface area contributed by atoms with Crippen molar-refractivity contribution in [2.45, 2.75) is 58.9 Å². The SMILES string of the molecule is Cc1cc(C)cc(Oc2nccc(-c3c(C(C)(C)C)nnn3C3CCNCC3)n2)c1. The molecule has 7 heteroatoms. The van der Waals surface area contributed by atoms with Gasteiger partial charge >= 0.3 is 6.01 Å². The lowest BCUT2D eigenvalue weighted by Gasteiger charge is -2.25. The number of nitrogens with one attached hydrogen (secondary N) is 1. The van der Waals surface area contributed by atoms with Crippen molar-refractivity contribution in [3.8, 4) is 23.1 Å². The van der Waals surface area contributed by atoms with Crippen molar-refractivity contribution in [2.24, 2.45) is 0 Å². The van der Waals surface area contributed by atoms with Gasteiger partial charge in [0, 0.05) is 11.6 Å². The Kier molecular flexibility index (Phi) is 5.56. The summed E-state index contributed by atoms with van der Waals surface area (Å²) in [5.41, 5.74) is 4.82. The lowest BCUT2D eigenvalue weighted by Crippen LogP contribution is -2.30. The molecule has 0 amide bonds. The van der Waals surface area contributed by atoms with Crippen LogP contribution in [0.1, 0.15) is 56.5 Å². The molecule has 1 aromatic carbocycles. The van der Waals surface area contributed by atoms with E-state index in [0.29, 0.717) is 12.1 Å². The predicted octanol–water partition coefficient (Wildman–Crippen LogP) is 4.37. The minimum absolute atomic E-state index is 0.153. The van der Waals surface area contributed by atoms with E-state index in [4.69, 9.17) is 9.72 Å². The molecule has 3 aromatic rings. The second-order valence-electron chi connectivity index (χ2n) is 9.11. The van der Waals surface area contributed by atoms with Crippen LogP contribution in [-0.2, 0) is 5.41 Å². The largest absolute Gasteiger partial charge is 0.424 e. The lowest BCUT2D eigenvalue weighted by atomic mass is 9.89. The first-order valence-electron chi connectivity index (χ1n) is 10.6. The van der Waals surface area contributed by atoms with Crippen LogP contribution in [0.3, 0.4) is 0 Å². The summed E-state index contributed by atoms with van der Waals surface area (Å²) in [6, 6.07) is 8.65. The van der Waals surface area contributed by atoms with E-state index in [1.54, 1.807) is 6.20 Å². The van der Waals surface area contributed by atoms with Gasteiger partial charge in [-0.3, -0.25) is 0 Å². The van der Waals surface area contributed by atoms with Gasteiger partial charge in [-0.15, -0.1) is 5.10 Å². The van der Waals surface area contributed by atoms with Crippen molar-refractivity contribution in [2.75, 3.05) is 13.1 Å². The van der Waals surface area contributed by atoms with E-state index in [1.807, 2.05) is 18.2 Å². The smallest absolute Gasteiger partial charge is 0.322 e. The van der Waals surface area contributed by atoms with Gasteiger partial charge < -0.3 is 10.1 Å². The molecular weight excluding hydrogens is 376 g/mol. The molecule has 30 heavy (non-hydrogen) atoms. The fourth-order valence-corrected chi connectivity index (χ4v) is 3.96. The van der Waals surface area contributed by atoms with Crippen molar-refractivity contribution in [3.63, 3.8) is 0 Å². The minimum atomic E-state index is -0.153. The average Bonchev–Trinajstić information content (AvgIpc) is 3.14. The van der Waals surface area contributed by atoms with Gasteiger partial charge in [-0.05, 0) is 69.1 Å². The molecule has 7 nitrogen and oxygen atoms in total. The van der Waals surface area contributed by atoms with Crippen molar-refractivity contribution in [3.05, 3.63) is 47.3 Å². The standard InChI is InChI=1S/C23H30N6O/c1-15-12-16(2)14-18(13-15)30-22-25-11-8-19(26-22)20-21(23(3,4)5)27-28-29(20)17-6-9-24-10-7-17/h8,11-14,17,24H,6-7,9-10H2,1-5H3. The number of hydrogen-bond donors (Lipinski definition) is 1. The second kappa shape index (κ2) is 8.14. The van der Waals surface area contributed by atoms with Gasteiger partial charge in [-0.25, -0.2) is 9.67 Å². The Morgan fingerprint density at radius 2 is 1.77 bits per heavy atom. The molecule has 0 atom stereocenters. The summed E-state index contributed by atoms with van der Waals surface area (Å²) >= 11 is 0. The fraction of sp³-hybridized carbons (Fsp3) is 0.478. The van der Waals surface area contributed by atoms with E-state index < -0.39 is 0 Å². The second-order valence-corrected chi connectivity index (χ2v) is 9.11. The first kappa shape index (κ1) is 20.5. The Hall–Kier alpha value is -2.80. The molecule has 158 valence electrons. The maximum Gasteiger partial charge on any atom is 0.322 e. The summed E-state index contributed by atoms with van der Waals surface area (Å²) in [5, 5.41) is 12.5. The molecule has 0 bridgehead atoms. The number of hydrogen-bond acceptors (Lipinski definition) is 6. The zero-order valence-corrected chi connectivity index (χ0v) is 18.4. The van der Waals surface area contributed by atoms with Crippen molar-refractivity contribution in [1.29, 1.82) is 0 Å². The number of benzene rings is 1. The molecule has 2 aromatic heterocycles. The molecule has 0 unspecified atom stereocenters. The molecule has 0 radical (unpaired) electrons. The van der Waals surface area contributed by atoms with Crippen LogP contribution < -0.4 is 10.1 Å². The summed E-state index contributed by atoms with van der Waals surface area (Å²) in [5.74, 6) is 0.741. The quantitative estimate of drug-likeness (QED) is 0.693. The van der Waals surface area contributed by atoms with Gasteiger partial charge in [0.25, 0.3) is 0 Å². The van der Waals surface area contributed by atoms with Gasteiger partial charge in [-0.2, -0.15) is 4.98 Å². The molecule has 0 spiro atoms. The number of ether oxygens (including phenoxy) is 1. The maximum atomic E-state index is 6.01. The van der Waals surface area contributed by atoms with Gasteiger partial charge in [0.1, 0.15) is 11.4 Å². The lowest BCUT2D eigenvalue weighted by molar-refractivity contribution is 0.340. The van der Waals surface area contributed by atoms with Crippen LogP contribution in [-0.4, -0.2) is 38.1 Å². The molecule has 1 aliphatic rings. The molecule has 1 fully saturated rings. The average molecular weight is 407 g/mol. The number of aromatic nitrogens is 5. The molecule has 1 N–H and O–H groups in total. The number of nitrogens with zero attached hydrogens (tertiary/aromatic N) is 5. The van der Waals surface area contributed by atoms with E-state index in [2.05, 4.69) is 66.0 Å². The third-order valence-corrected chi connectivity index (χ3v) is 5.34. The summed E-state index contributed by atoms with van der Waals surface area (Å²) in [6.07, 6.45) is 3.79. The molecule has 4 rings (SSSR count). The molecule has 3 heterocycles. The first-order chi connectivity index (χ1) is 14.3. The molecule has 1 aliphatic heterocycles. The number of rotatable bonds is 4. The van der Waals surface area contributed by atoms with Gasteiger partial charge in [-0.1, -0.05) is 32.1 Å². The Labute approximate surface area is 177 Å². The predicted molar refractivity (Wildman–Crippen MR) is 117 cm³/mol. The van der Waals surface area contributed by atoms with Crippen LogP contribution in [0.25, 0.3) is 11.4 Å². The third-order valence-electron chi connectivity index (χ3n) is 5.34. The third kappa shape index (κ3) is 4.36. The topological polar surface area (TPSA) is 77.8 Å². The van der Waals surface area contributed by atoms with Crippen LogP contribution in [0.5, 0.6) is 11.8 Å². The van der Waals surface area contributed by atoms with Crippen molar-refractivity contribution in [1.82, 2.24) is 30.3 Å². The molecule has 0 saturated carbocycles. The minimum Gasteiger partial charge on any atom is -0.424 e. The van der Waals surface area contributed by atoms with Gasteiger partial charge in [0.15, 0.2) is 0 Å². The summed E-state index contributed by atoms with van der Waals surface area (Å²) in [7, 11) is 0. The van der Waals surface area contributed by atoms with Crippen LogP contribution in [0.2, 0.25) is 0 Å². The van der Waals surface area contributed by atoms with Crippen molar-refractivity contribution >= 4 is 0 Å². The Morgan fingerprint density at radius 1 is 1.07 bits per heavy atom. The normalized spacial score (nSPS) is 15.4. The highest BCUT2D eigenvalue weighted by Gasteiger charge is 2.30. The van der Waals surface area contributed by atoms with E-state index in [9.17, 15) is 0 Å².